The number of piperazine rings is 1. The van der Waals surface area contributed by atoms with Crippen molar-refractivity contribution >= 4 is 11.8 Å². The van der Waals surface area contributed by atoms with Gasteiger partial charge in [0.05, 0.1) is 0 Å². The second-order valence-electron chi connectivity index (χ2n) is 7.70. The minimum atomic E-state index is -0.392. The van der Waals surface area contributed by atoms with Crippen molar-refractivity contribution in [3.05, 3.63) is 0 Å². The van der Waals surface area contributed by atoms with Gasteiger partial charge >= 0.3 is 0 Å². The molecule has 120 valence electrons. The van der Waals surface area contributed by atoms with E-state index >= 15 is 0 Å². The maximum absolute atomic E-state index is 12.8. The van der Waals surface area contributed by atoms with Crippen molar-refractivity contribution in [2.75, 3.05) is 6.54 Å². The zero-order chi connectivity index (χ0) is 15.6. The maximum atomic E-state index is 12.8. The summed E-state index contributed by atoms with van der Waals surface area (Å²) in [7, 11) is 0. The highest BCUT2D eigenvalue weighted by Crippen LogP contribution is 2.30. The Morgan fingerprint density at radius 1 is 1.19 bits per heavy atom. The summed E-state index contributed by atoms with van der Waals surface area (Å²) in [5.74, 6) is 0.865. The fraction of sp³-hybridized carbons (Fsp3) is 0.882. The smallest absolute Gasteiger partial charge is 0.246 e. The summed E-state index contributed by atoms with van der Waals surface area (Å²) in [6.07, 6.45) is 6.95. The topological polar surface area (TPSA) is 49.4 Å². The highest BCUT2D eigenvalue weighted by molar-refractivity contribution is 5.97. The van der Waals surface area contributed by atoms with Gasteiger partial charge in [-0.25, -0.2) is 0 Å². The van der Waals surface area contributed by atoms with E-state index in [1.165, 1.54) is 25.7 Å². The lowest BCUT2D eigenvalue weighted by Crippen LogP contribution is -2.66. The summed E-state index contributed by atoms with van der Waals surface area (Å²) in [4.78, 5) is 27.0. The Balaban J connectivity index is 2.08. The van der Waals surface area contributed by atoms with Crippen molar-refractivity contribution in [3.8, 4) is 0 Å². The molecule has 4 nitrogen and oxygen atoms in total. The quantitative estimate of drug-likeness (QED) is 0.866. The zero-order valence-corrected chi connectivity index (χ0v) is 13.9. The molecule has 0 aromatic rings. The first-order valence-corrected chi connectivity index (χ1v) is 8.45. The van der Waals surface area contributed by atoms with Gasteiger partial charge in [-0.2, -0.15) is 0 Å². The van der Waals surface area contributed by atoms with Crippen LogP contribution >= 0.6 is 0 Å². The van der Waals surface area contributed by atoms with Crippen molar-refractivity contribution in [2.45, 2.75) is 78.3 Å². The first-order chi connectivity index (χ1) is 9.84. The number of carbonyl (C=O) groups excluding carboxylic acids is 2. The summed E-state index contributed by atoms with van der Waals surface area (Å²) in [5, 5.41) is 2.93. The van der Waals surface area contributed by atoms with Crippen LogP contribution in [0.2, 0.25) is 0 Å². The van der Waals surface area contributed by atoms with E-state index in [-0.39, 0.29) is 23.3 Å². The second-order valence-corrected chi connectivity index (χ2v) is 7.70. The van der Waals surface area contributed by atoms with Gasteiger partial charge in [-0.05, 0) is 24.2 Å². The lowest BCUT2D eigenvalue weighted by molar-refractivity contribution is -0.152. The first-order valence-electron chi connectivity index (χ1n) is 8.45. The lowest BCUT2D eigenvalue weighted by atomic mass is 9.83. The van der Waals surface area contributed by atoms with E-state index in [4.69, 9.17) is 0 Å². The molecule has 0 bridgehead atoms. The largest absolute Gasteiger partial charge is 0.342 e. The Morgan fingerprint density at radius 3 is 2.33 bits per heavy atom. The molecule has 1 aliphatic heterocycles. The third-order valence-corrected chi connectivity index (χ3v) is 5.00. The van der Waals surface area contributed by atoms with Crippen molar-refractivity contribution < 1.29 is 9.59 Å². The van der Waals surface area contributed by atoms with Crippen LogP contribution in [-0.4, -0.2) is 35.3 Å². The molecule has 0 spiro atoms. The number of nitrogens with zero attached hydrogens (tertiary/aromatic N) is 1. The van der Waals surface area contributed by atoms with Crippen molar-refractivity contribution in [1.82, 2.24) is 10.2 Å². The molecule has 2 atom stereocenters. The summed E-state index contributed by atoms with van der Waals surface area (Å²) < 4.78 is 0. The molecule has 2 rings (SSSR count). The van der Waals surface area contributed by atoms with Crippen molar-refractivity contribution in [3.63, 3.8) is 0 Å². The molecule has 1 saturated heterocycles. The van der Waals surface area contributed by atoms with Crippen molar-refractivity contribution in [1.29, 1.82) is 0 Å². The maximum Gasteiger partial charge on any atom is 0.246 e. The molecule has 2 aliphatic rings. The third-order valence-electron chi connectivity index (χ3n) is 5.00. The number of hydrogen-bond acceptors (Lipinski definition) is 2. The molecule has 1 aliphatic carbocycles. The second kappa shape index (κ2) is 6.37. The fourth-order valence-corrected chi connectivity index (χ4v) is 3.64. The monoisotopic (exact) mass is 294 g/mol. The number of rotatable bonds is 4. The minimum Gasteiger partial charge on any atom is -0.342 e. The van der Waals surface area contributed by atoms with Crippen LogP contribution < -0.4 is 5.32 Å². The lowest BCUT2D eigenvalue weighted by Gasteiger charge is -2.43. The molecule has 0 radical (unpaired) electrons. The van der Waals surface area contributed by atoms with Crippen LogP contribution in [-0.2, 0) is 9.59 Å². The minimum absolute atomic E-state index is 0.0171. The molecule has 0 aromatic heterocycles. The van der Waals surface area contributed by atoms with Gasteiger partial charge in [0.25, 0.3) is 0 Å². The summed E-state index contributed by atoms with van der Waals surface area (Å²) in [6, 6.07) is -0.672. The Bertz CT molecular complexity index is 394. The van der Waals surface area contributed by atoms with E-state index < -0.39 is 6.04 Å². The molecule has 1 N–H and O–H groups in total. The van der Waals surface area contributed by atoms with Crippen LogP contribution in [0.3, 0.4) is 0 Å². The summed E-state index contributed by atoms with van der Waals surface area (Å²) in [5.41, 5.74) is -0.239. The summed E-state index contributed by atoms with van der Waals surface area (Å²) in [6.45, 7) is 8.76. The van der Waals surface area contributed by atoms with Crippen LogP contribution in [0.25, 0.3) is 0 Å². The van der Waals surface area contributed by atoms with E-state index in [9.17, 15) is 9.59 Å². The average molecular weight is 294 g/mol. The molecule has 2 amide bonds. The van der Waals surface area contributed by atoms with Gasteiger partial charge in [-0.15, -0.1) is 0 Å². The molecule has 2 fully saturated rings. The first kappa shape index (κ1) is 16.3. The fourth-order valence-electron chi connectivity index (χ4n) is 3.64. The van der Waals surface area contributed by atoms with Gasteiger partial charge in [0.15, 0.2) is 0 Å². The van der Waals surface area contributed by atoms with E-state index in [0.717, 1.165) is 18.9 Å². The normalized spacial score (nSPS) is 28.1. The Labute approximate surface area is 128 Å². The molecule has 21 heavy (non-hydrogen) atoms. The highest BCUT2D eigenvalue weighted by Gasteiger charge is 2.44. The highest BCUT2D eigenvalue weighted by atomic mass is 16.2. The molecular formula is C17H30N2O2. The van der Waals surface area contributed by atoms with Gasteiger partial charge < -0.3 is 10.2 Å². The van der Waals surface area contributed by atoms with Crippen LogP contribution in [0.5, 0.6) is 0 Å². The average Bonchev–Trinajstić information content (AvgIpc) is 2.91. The Kier molecular flexibility index (Phi) is 4.95. The van der Waals surface area contributed by atoms with E-state index in [2.05, 4.69) is 5.32 Å². The van der Waals surface area contributed by atoms with Gasteiger partial charge in [0, 0.05) is 6.54 Å². The predicted octanol–water partition coefficient (Wildman–Crippen LogP) is 2.72. The number of carbonyl (C=O) groups is 2. The van der Waals surface area contributed by atoms with Gasteiger partial charge in [-0.1, -0.05) is 53.4 Å². The number of amides is 2. The SMILES string of the molecule is CCC1C(=O)NC(C(C)(C)C)C(=O)N1CCC1CCCC1. The van der Waals surface area contributed by atoms with Gasteiger partial charge in [0.2, 0.25) is 11.8 Å². The van der Waals surface area contributed by atoms with E-state index in [0.29, 0.717) is 6.42 Å². The molecular weight excluding hydrogens is 264 g/mol. The third kappa shape index (κ3) is 3.58. The standard InChI is InChI=1S/C17H30N2O2/c1-5-13-15(20)18-14(17(2,3)4)16(21)19(13)11-10-12-8-6-7-9-12/h12-14H,5-11H2,1-4H3,(H,18,20). The van der Waals surface area contributed by atoms with E-state index in [1.807, 2.05) is 32.6 Å². The van der Waals surface area contributed by atoms with Gasteiger partial charge in [-0.3, -0.25) is 9.59 Å². The number of nitrogens with one attached hydrogen (secondary N) is 1. The molecule has 0 aromatic carbocycles. The molecule has 4 heteroatoms. The molecule has 1 heterocycles. The Hall–Kier alpha value is -1.06. The Morgan fingerprint density at radius 2 is 1.81 bits per heavy atom. The zero-order valence-electron chi connectivity index (χ0n) is 13.9. The van der Waals surface area contributed by atoms with E-state index in [1.54, 1.807) is 0 Å². The summed E-state index contributed by atoms with van der Waals surface area (Å²) >= 11 is 0. The van der Waals surface area contributed by atoms with Crippen LogP contribution in [0.15, 0.2) is 0 Å². The van der Waals surface area contributed by atoms with Crippen LogP contribution in [0, 0.1) is 11.3 Å². The molecule has 1 saturated carbocycles. The predicted molar refractivity (Wildman–Crippen MR) is 83.8 cm³/mol. The number of hydrogen-bond donors (Lipinski definition) is 1. The van der Waals surface area contributed by atoms with Crippen LogP contribution in [0.1, 0.15) is 66.2 Å². The molecule has 2 unspecified atom stereocenters. The van der Waals surface area contributed by atoms with Crippen LogP contribution in [0.4, 0.5) is 0 Å². The van der Waals surface area contributed by atoms with Gasteiger partial charge in [0.1, 0.15) is 12.1 Å². The van der Waals surface area contributed by atoms with Crippen molar-refractivity contribution in [2.24, 2.45) is 11.3 Å².